The third-order valence-electron chi connectivity index (χ3n) is 4.34. The minimum Gasteiger partial charge on any atom is -0.493 e. The third-order valence-corrected chi connectivity index (χ3v) is 4.34. The molecule has 1 unspecified atom stereocenters. The average Bonchev–Trinajstić information content (AvgIpc) is 2.73. The molecule has 0 aliphatic rings. The Morgan fingerprint density at radius 2 is 1.50 bits per heavy atom. The molecule has 0 radical (unpaired) electrons. The summed E-state index contributed by atoms with van der Waals surface area (Å²) >= 11 is 0. The Bertz CT molecular complexity index is 944. The second kappa shape index (κ2) is 11.6. The molecule has 6 nitrogen and oxygen atoms in total. The third kappa shape index (κ3) is 9.59. The fourth-order valence-electron chi connectivity index (χ4n) is 2.80. The van der Waals surface area contributed by atoms with Crippen LogP contribution in [0.25, 0.3) is 0 Å². The molecule has 0 heterocycles. The van der Waals surface area contributed by atoms with Gasteiger partial charge in [-0.25, -0.2) is 0 Å². The summed E-state index contributed by atoms with van der Waals surface area (Å²) in [7, 11) is 0. The summed E-state index contributed by atoms with van der Waals surface area (Å²) in [6.45, 7) is 1.40. The van der Waals surface area contributed by atoms with Crippen molar-refractivity contribution in [1.29, 1.82) is 0 Å². The van der Waals surface area contributed by atoms with Gasteiger partial charge in [0.2, 0.25) is 5.91 Å². The minimum atomic E-state index is -4.84. The van der Waals surface area contributed by atoms with Crippen molar-refractivity contribution >= 4 is 11.8 Å². The van der Waals surface area contributed by atoms with Gasteiger partial charge >= 0.3 is 12.5 Å². The van der Waals surface area contributed by atoms with Crippen molar-refractivity contribution in [3.8, 4) is 11.5 Å². The smallest absolute Gasteiger partial charge is 0.493 e. The van der Waals surface area contributed by atoms with Gasteiger partial charge in [0, 0.05) is 18.5 Å². The van der Waals surface area contributed by atoms with Crippen molar-refractivity contribution in [1.82, 2.24) is 10.6 Å². The number of carbonyl (C=O) groups is 2. The van der Waals surface area contributed by atoms with Gasteiger partial charge in [0.25, 0.3) is 5.91 Å². The van der Waals surface area contributed by atoms with Crippen LogP contribution in [0.4, 0.5) is 26.3 Å². The lowest BCUT2D eigenvalue weighted by Gasteiger charge is -2.19. The van der Waals surface area contributed by atoms with Crippen LogP contribution in [0.3, 0.4) is 0 Å². The highest BCUT2D eigenvalue weighted by Gasteiger charge is 2.31. The fraction of sp³-hybridized carbons (Fsp3) is 0.364. The van der Waals surface area contributed by atoms with E-state index < -0.39 is 49.2 Å². The number of amides is 2. The van der Waals surface area contributed by atoms with E-state index in [1.54, 1.807) is 6.92 Å². The van der Waals surface area contributed by atoms with Crippen LogP contribution in [0.5, 0.6) is 11.5 Å². The molecule has 2 N–H and O–H groups in total. The number of hydrogen-bond donors (Lipinski definition) is 2. The molecule has 1 atom stereocenters. The van der Waals surface area contributed by atoms with E-state index in [1.165, 1.54) is 36.4 Å². The van der Waals surface area contributed by atoms with Crippen LogP contribution in [0.1, 0.15) is 29.3 Å². The Hall–Kier alpha value is -3.44. The van der Waals surface area contributed by atoms with Crippen molar-refractivity contribution in [2.45, 2.75) is 38.3 Å². The van der Waals surface area contributed by atoms with E-state index in [9.17, 15) is 35.9 Å². The molecule has 0 saturated heterocycles. The predicted octanol–water partition coefficient (Wildman–Crippen LogP) is 4.39. The Morgan fingerprint density at radius 1 is 0.912 bits per heavy atom. The maximum Gasteiger partial charge on any atom is 0.573 e. The summed E-state index contributed by atoms with van der Waals surface area (Å²) in [6.07, 6.45) is -10.3. The molecule has 0 spiro atoms. The van der Waals surface area contributed by atoms with Gasteiger partial charge in [0.15, 0.2) is 0 Å². The largest absolute Gasteiger partial charge is 0.573 e. The highest BCUT2D eigenvalue weighted by molar-refractivity contribution is 5.97. The topological polar surface area (TPSA) is 76.7 Å². The van der Waals surface area contributed by atoms with Crippen molar-refractivity contribution in [2.75, 3.05) is 13.2 Å². The van der Waals surface area contributed by atoms with Gasteiger partial charge in [-0.15, -0.1) is 13.2 Å². The van der Waals surface area contributed by atoms with Crippen LogP contribution in [0, 0.1) is 0 Å². The number of alkyl halides is 6. The Balaban J connectivity index is 2.03. The van der Waals surface area contributed by atoms with Gasteiger partial charge in [-0.3, -0.25) is 9.59 Å². The molecule has 2 aromatic rings. The zero-order valence-electron chi connectivity index (χ0n) is 17.9. The molecule has 0 aliphatic carbocycles. The number of nitrogens with one attached hydrogen (secondary N) is 2. The lowest BCUT2D eigenvalue weighted by atomic mass is 10.0. The molecule has 0 aliphatic heterocycles. The van der Waals surface area contributed by atoms with Gasteiger partial charge in [0.05, 0.1) is 13.0 Å². The van der Waals surface area contributed by atoms with Crippen molar-refractivity contribution in [2.24, 2.45) is 0 Å². The highest BCUT2D eigenvalue weighted by Crippen LogP contribution is 2.23. The van der Waals surface area contributed by atoms with E-state index in [0.29, 0.717) is 5.56 Å². The highest BCUT2D eigenvalue weighted by atomic mass is 19.4. The molecule has 0 bridgehead atoms. The first kappa shape index (κ1) is 26.8. The summed E-state index contributed by atoms with van der Waals surface area (Å²) in [5.74, 6) is -1.41. The van der Waals surface area contributed by atoms with Gasteiger partial charge in [0.1, 0.15) is 17.5 Å². The molecule has 0 fully saturated rings. The molecule has 2 aromatic carbocycles. The summed E-state index contributed by atoms with van der Waals surface area (Å²) in [5.41, 5.74) is 0.603. The van der Waals surface area contributed by atoms with Crippen LogP contribution < -0.4 is 20.1 Å². The summed E-state index contributed by atoms with van der Waals surface area (Å²) in [4.78, 5) is 25.0. The van der Waals surface area contributed by atoms with Gasteiger partial charge in [-0.05, 0) is 48.9 Å². The van der Waals surface area contributed by atoms with E-state index in [0.717, 1.165) is 12.1 Å². The summed E-state index contributed by atoms with van der Waals surface area (Å²) in [5, 5.41) is 5.12. The Labute approximate surface area is 191 Å². The lowest BCUT2D eigenvalue weighted by Crippen LogP contribution is -2.48. The Morgan fingerprint density at radius 3 is 2.03 bits per heavy atom. The molecule has 34 heavy (non-hydrogen) atoms. The van der Waals surface area contributed by atoms with Crippen LogP contribution >= 0.6 is 0 Å². The maximum absolute atomic E-state index is 12.6. The SMILES string of the molecule is CCNC(=O)C(Cc1ccc(OC(F)(F)F)cc1)NC(=O)c1ccc(OCCC(F)(F)F)cc1. The molecule has 12 heteroatoms. The zero-order chi connectivity index (χ0) is 25.4. The molecule has 2 amide bonds. The van der Waals surface area contributed by atoms with Crippen molar-refractivity contribution < 1.29 is 45.4 Å². The van der Waals surface area contributed by atoms with Crippen LogP contribution in [0.2, 0.25) is 0 Å². The first-order chi connectivity index (χ1) is 15.9. The molecule has 2 rings (SSSR count). The number of benzene rings is 2. The second-order valence-corrected chi connectivity index (χ2v) is 7.05. The van der Waals surface area contributed by atoms with Crippen molar-refractivity contribution in [3.05, 3.63) is 59.7 Å². The normalized spacial score (nSPS) is 12.6. The molecular weight excluding hydrogens is 470 g/mol. The van der Waals surface area contributed by atoms with E-state index in [1.807, 2.05) is 0 Å². The molecule has 186 valence electrons. The standard InChI is InChI=1S/C22H22F6N2O4/c1-2-29-20(32)18(13-14-3-7-17(8-4-14)34-22(26,27)28)30-19(31)15-5-9-16(10-6-15)33-12-11-21(23,24)25/h3-10,18H,2,11-13H2,1H3,(H,29,32)(H,30,31). The lowest BCUT2D eigenvalue weighted by molar-refractivity contribution is -0.274. The van der Waals surface area contributed by atoms with Crippen molar-refractivity contribution in [3.63, 3.8) is 0 Å². The monoisotopic (exact) mass is 492 g/mol. The molecular formula is C22H22F6N2O4. The van der Waals surface area contributed by atoms with Gasteiger partial charge in [-0.2, -0.15) is 13.2 Å². The van der Waals surface area contributed by atoms with E-state index in [2.05, 4.69) is 15.4 Å². The number of halogens is 6. The zero-order valence-corrected chi connectivity index (χ0v) is 17.9. The molecule has 0 saturated carbocycles. The van der Waals surface area contributed by atoms with Crippen LogP contribution in [-0.4, -0.2) is 43.5 Å². The fourth-order valence-corrected chi connectivity index (χ4v) is 2.80. The summed E-state index contributed by atoms with van der Waals surface area (Å²) in [6, 6.07) is 9.14. The number of ether oxygens (including phenoxy) is 2. The first-order valence-electron chi connectivity index (χ1n) is 10.1. The Kier molecular flexibility index (Phi) is 9.16. The van der Waals surface area contributed by atoms with Crippen LogP contribution in [0.15, 0.2) is 48.5 Å². The second-order valence-electron chi connectivity index (χ2n) is 7.05. The summed E-state index contributed by atoms with van der Waals surface area (Å²) < 4.78 is 82.3. The quantitative estimate of drug-likeness (QED) is 0.483. The van der Waals surface area contributed by atoms with E-state index >= 15 is 0 Å². The average molecular weight is 492 g/mol. The number of carbonyl (C=O) groups excluding carboxylic acids is 2. The number of rotatable bonds is 10. The van der Waals surface area contributed by atoms with Gasteiger partial charge in [-0.1, -0.05) is 12.1 Å². The first-order valence-corrected chi connectivity index (χ1v) is 10.1. The molecule has 0 aromatic heterocycles. The van der Waals surface area contributed by atoms with E-state index in [4.69, 9.17) is 4.74 Å². The van der Waals surface area contributed by atoms with Gasteiger partial charge < -0.3 is 20.1 Å². The van der Waals surface area contributed by atoms with Crippen LogP contribution in [-0.2, 0) is 11.2 Å². The predicted molar refractivity (Wildman–Crippen MR) is 109 cm³/mol. The maximum atomic E-state index is 12.6. The minimum absolute atomic E-state index is 0.0114. The number of hydrogen-bond acceptors (Lipinski definition) is 4. The van der Waals surface area contributed by atoms with E-state index in [-0.39, 0.29) is 24.3 Å². The number of likely N-dealkylation sites (N-methyl/N-ethyl adjacent to an activating group) is 1.